The molecule has 4 nitrogen and oxygen atoms in total. The maximum atomic E-state index is 11.9. The molecule has 1 amide bonds. The Morgan fingerprint density at radius 2 is 2.00 bits per heavy atom. The molecule has 0 aromatic rings. The van der Waals surface area contributed by atoms with Gasteiger partial charge in [0.1, 0.15) is 5.60 Å². The van der Waals surface area contributed by atoms with E-state index in [4.69, 9.17) is 10.5 Å². The molecule has 0 unspecified atom stereocenters. The van der Waals surface area contributed by atoms with Gasteiger partial charge in [0, 0.05) is 19.1 Å². The summed E-state index contributed by atoms with van der Waals surface area (Å²) in [4.78, 5) is 13.6. The molecular formula is C12H24N2O2. The molecule has 0 bridgehead atoms. The molecule has 4 heteroatoms. The van der Waals surface area contributed by atoms with Crippen LogP contribution in [-0.4, -0.2) is 35.7 Å². The quantitative estimate of drug-likeness (QED) is 0.689. The molecule has 1 saturated heterocycles. The molecule has 0 aromatic heterocycles. The van der Waals surface area contributed by atoms with E-state index in [0.717, 1.165) is 13.0 Å². The molecule has 0 radical (unpaired) electrons. The molecule has 1 fully saturated rings. The number of amides is 1. The van der Waals surface area contributed by atoms with Crippen molar-refractivity contribution in [3.05, 3.63) is 0 Å². The summed E-state index contributed by atoms with van der Waals surface area (Å²) in [5, 5.41) is 0. The van der Waals surface area contributed by atoms with Gasteiger partial charge in [-0.3, -0.25) is 0 Å². The van der Waals surface area contributed by atoms with E-state index in [1.807, 2.05) is 20.8 Å². The van der Waals surface area contributed by atoms with Crippen molar-refractivity contribution in [3.63, 3.8) is 0 Å². The number of carbonyl (C=O) groups excluding carboxylic acids is 1. The summed E-state index contributed by atoms with van der Waals surface area (Å²) < 4.78 is 5.35. The van der Waals surface area contributed by atoms with Crippen LogP contribution >= 0.6 is 0 Å². The average Bonchev–Trinajstić information content (AvgIpc) is 1.96. The third-order valence-corrected chi connectivity index (χ3v) is 2.54. The monoisotopic (exact) mass is 228 g/mol. The number of nitrogens with two attached hydrogens (primary N) is 1. The van der Waals surface area contributed by atoms with Crippen LogP contribution in [0, 0.1) is 5.41 Å². The van der Waals surface area contributed by atoms with Crippen molar-refractivity contribution in [2.24, 2.45) is 11.1 Å². The van der Waals surface area contributed by atoms with Gasteiger partial charge in [0.05, 0.1) is 0 Å². The van der Waals surface area contributed by atoms with Gasteiger partial charge in [0.2, 0.25) is 0 Å². The summed E-state index contributed by atoms with van der Waals surface area (Å²) in [6.07, 6.45) is 0.697. The first-order valence-electron chi connectivity index (χ1n) is 5.83. The van der Waals surface area contributed by atoms with Gasteiger partial charge in [-0.25, -0.2) is 4.79 Å². The predicted octanol–water partition coefficient (Wildman–Crippen LogP) is 1.98. The van der Waals surface area contributed by atoms with Crippen LogP contribution in [0.4, 0.5) is 4.79 Å². The number of ether oxygens (including phenoxy) is 1. The Kier molecular flexibility index (Phi) is 3.53. The molecule has 1 aliphatic heterocycles. The van der Waals surface area contributed by atoms with Crippen molar-refractivity contribution < 1.29 is 9.53 Å². The van der Waals surface area contributed by atoms with Gasteiger partial charge in [-0.05, 0) is 32.6 Å². The standard InChI is InChI=1S/C12H24N2O2/c1-11(2,3)16-10(15)14-7-9(13)6-12(4,5)8-14/h9H,6-8,13H2,1-5H3/t9-/m0/s1. The zero-order valence-corrected chi connectivity index (χ0v) is 11.0. The topological polar surface area (TPSA) is 55.6 Å². The number of hydrogen-bond donors (Lipinski definition) is 1. The third kappa shape index (κ3) is 4.00. The lowest BCUT2D eigenvalue weighted by Crippen LogP contribution is -2.53. The molecule has 0 aliphatic carbocycles. The minimum Gasteiger partial charge on any atom is -0.444 e. The Morgan fingerprint density at radius 3 is 2.44 bits per heavy atom. The van der Waals surface area contributed by atoms with Gasteiger partial charge in [-0.1, -0.05) is 13.8 Å². The highest BCUT2D eigenvalue weighted by Crippen LogP contribution is 2.28. The van der Waals surface area contributed by atoms with E-state index in [1.165, 1.54) is 0 Å². The fraction of sp³-hybridized carbons (Fsp3) is 0.917. The smallest absolute Gasteiger partial charge is 0.410 e. The van der Waals surface area contributed by atoms with Crippen molar-refractivity contribution in [2.75, 3.05) is 13.1 Å². The van der Waals surface area contributed by atoms with Crippen LogP contribution < -0.4 is 5.73 Å². The summed E-state index contributed by atoms with van der Waals surface area (Å²) in [5.74, 6) is 0. The predicted molar refractivity (Wildman–Crippen MR) is 64.2 cm³/mol. The molecule has 0 spiro atoms. The van der Waals surface area contributed by atoms with Gasteiger partial charge in [-0.2, -0.15) is 0 Å². The number of nitrogens with zero attached hydrogens (tertiary/aromatic N) is 1. The highest BCUT2D eigenvalue weighted by Gasteiger charge is 2.35. The Morgan fingerprint density at radius 1 is 1.44 bits per heavy atom. The zero-order chi connectivity index (χ0) is 12.6. The Labute approximate surface area is 98.1 Å². The van der Waals surface area contributed by atoms with Crippen molar-refractivity contribution in [2.45, 2.75) is 52.7 Å². The van der Waals surface area contributed by atoms with Crippen LogP contribution in [0.2, 0.25) is 0 Å². The molecule has 94 valence electrons. The first-order valence-corrected chi connectivity index (χ1v) is 5.83. The molecule has 1 aliphatic rings. The number of piperidine rings is 1. The Bertz CT molecular complexity index is 269. The van der Waals surface area contributed by atoms with E-state index in [1.54, 1.807) is 4.90 Å². The SMILES string of the molecule is CC1(C)C[C@H](N)CN(C(=O)OC(C)(C)C)C1. The average molecular weight is 228 g/mol. The summed E-state index contributed by atoms with van der Waals surface area (Å²) in [6, 6.07) is 0.0521. The largest absolute Gasteiger partial charge is 0.444 e. The lowest BCUT2D eigenvalue weighted by atomic mass is 9.82. The Balaban J connectivity index is 2.63. The molecule has 1 atom stereocenters. The minimum atomic E-state index is -0.442. The lowest BCUT2D eigenvalue weighted by Gasteiger charge is -2.41. The van der Waals surface area contributed by atoms with E-state index >= 15 is 0 Å². The van der Waals surface area contributed by atoms with Crippen LogP contribution in [0.15, 0.2) is 0 Å². The van der Waals surface area contributed by atoms with Crippen LogP contribution in [0.25, 0.3) is 0 Å². The lowest BCUT2D eigenvalue weighted by molar-refractivity contribution is 0.00597. The maximum Gasteiger partial charge on any atom is 0.410 e. The molecule has 0 saturated carbocycles. The summed E-state index contributed by atoms with van der Waals surface area (Å²) >= 11 is 0. The fourth-order valence-electron chi connectivity index (χ4n) is 2.17. The highest BCUT2D eigenvalue weighted by atomic mass is 16.6. The minimum absolute atomic E-state index is 0.0521. The first-order chi connectivity index (χ1) is 7.09. The first kappa shape index (κ1) is 13.3. The molecular weight excluding hydrogens is 204 g/mol. The fourth-order valence-corrected chi connectivity index (χ4v) is 2.17. The molecule has 1 heterocycles. The number of hydrogen-bond acceptors (Lipinski definition) is 3. The van der Waals surface area contributed by atoms with E-state index in [0.29, 0.717) is 6.54 Å². The van der Waals surface area contributed by atoms with E-state index < -0.39 is 5.60 Å². The van der Waals surface area contributed by atoms with Crippen molar-refractivity contribution >= 4 is 6.09 Å². The third-order valence-electron chi connectivity index (χ3n) is 2.54. The number of rotatable bonds is 0. The van der Waals surface area contributed by atoms with Crippen LogP contribution in [0.3, 0.4) is 0 Å². The van der Waals surface area contributed by atoms with Crippen molar-refractivity contribution in [1.29, 1.82) is 0 Å². The zero-order valence-electron chi connectivity index (χ0n) is 11.0. The van der Waals surface area contributed by atoms with Gasteiger partial charge >= 0.3 is 6.09 Å². The molecule has 1 rings (SSSR count). The van der Waals surface area contributed by atoms with Crippen molar-refractivity contribution in [1.82, 2.24) is 4.90 Å². The van der Waals surface area contributed by atoms with Crippen LogP contribution in [-0.2, 0) is 4.74 Å². The highest BCUT2D eigenvalue weighted by molar-refractivity contribution is 5.68. The van der Waals surface area contributed by atoms with Gasteiger partial charge in [0.25, 0.3) is 0 Å². The normalized spacial score (nSPS) is 25.4. The number of carbonyl (C=O) groups is 1. The second-order valence-electron chi connectivity index (χ2n) is 6.49. The van der Waals surface area contributed by atoms with Gasteiger partial charge < -0.3 is 15.4 Å². The van der Waals surface area contributed by atoms with Crippen LogP contribution in [0.5, 0.6) is 0 Å². The van der Waals surface area contributed by atoms with Gasteiger partial charge in [0.15, 0.2) is 0 Å². The van der Waals surface area contributed by atoms with E-state index in [2.05, 4.69) is 13.8 Å². The van der Waals surface area contributed by atoms with Gasteiger partial charge in [-0.15, -0.1) is 0 Å². The van der Waals surface area contributed by atoms with Crippen LogP contribution in [0.1, 0.15) is 41.0 Å². The van der Waals surface area contributed by atoms with E-state index in [-0.39, 0.29) is 17.6 Å². The molecule has 16 heavy (non-hydrogen) atoms. The summed E-state index contributed by atoms with van der Waals surface area (Å²) in [5.41, 5.74) is 5.59. The maximum absolute atomic E-state index is 11.9. The second-order valence-corrected chi connectivity index (χ2v) is 6.49. The summed E-state index contributed by atoms with van der Waals surface area (Å²) in [6.45, 7) is 11.2. The Hall–Kier alpha value is -0.770. The number of likely N-dealkylation sites (tertiary alicyclic amines) is 1. The molecule has 2 N–H and O–H groups in total. The summed E-state index contributed by atoms with van der Waals surface area (Å²) in [7, 11) is 0. The van der Waals surface area contributed by atoms with E-state index in [9.17, 15) is 4.79 Å². The van der Waals surface area contributed by atoms with Crippen molar-refractivity contribution in [3.8, 4) is 0 Å². The second kappa shape index (κ2) is 4.24. The molecule has 0 aromatic carbocycles.